The zero-order chi connectivity index (χ0) is 24.0. The molecule has 33 heavy (non-hydrogen) atoms. The Morgan fingerprint density at radius 1 is 0.758 bits per heavy atom. The molecule has 0 aliphatic rings. The monoisotopic (exact) mass is 462 g/mol. The molecular formula is C23H16F6N4. The highest BCUT2D eigenvalue weighted by molar-refractivity contribution is 5.60. The molecule has 0 saturated carbocycles. The van der Waals surface area contributed by atoms with Crippen molar-refractivity contribution in [3.8, 4) is 17.1 Å². The molecule has 0 atom stereocenters. The molecule has 0 amide bonds. The van der Waals surface area contributed by atoms with E-state index < -0.39 is 34.7 Å². The van der Waals surface area contributed by atoms with Crippen LogP contribution < -0.4 is 0 Å². The Bertz CT molecular complexity index is 1330. The summed E-state index contributed by atoms with van der Waals surface area (Å²) in [5.74, 6) is -2.24. The van der Waals surface area contributed by atoms with Gasteiger partial charge in [-0.15, -0.1) is 0 Å². The van der Waals surface area contributed by atoms with Crippen molar-refractivity contribution in [3.63, 3.8) is 0 Å². The van der Waals surface area contributed by atoms with Crippen molar-refractivity contribution in [3.05, 3.63) is 95.3 Å². The first-order chi connectivity index (χ1) is 15.4. The average Bonchev–Trinajstić information content (AvgIpc) is 3.24. The SMILES string of the molecule is CC(C)(c1cc(F)cc(-c2ccc(F)cc2F)n1)c1cccc(-n2ccc(C(F)(F)F)n2)n1. The Kier molecular flexibility index (Phi) is 5.47. The first-order valence-electron chi connectivity index (χ1n) is 9.69. The predicted molar refractivity (Wildman–Crippen MR) is 108 cm³/mol. The maximum Gasteiger partial charge on any atom is 0.435 e. The number of hydrogen-bond donors (Lipinski definition) is 0. The molecule has 170 valence electrons. The van der Waals surface area contributed by atoms with Gasteiger partial charge in [-0.3, -0.25) is 4.98 Å². The summed E-state index contributed by atoms with van der Waals surface area (Å²) >= 11 is 0. The number of nitrogens with zero attached hydrogens (tertiary/aromatic N) is 4. The van der Waals surface area contributed by atoms with E-state index in [1.165, 1.54) is 6.07 Å². The van der Waals surface area contributed by atoms with Gasteiger partial charge in [0.15, 0.2) is 11.5 Å². The lowest BCUT2D eigenvalue weighted by Crippen LogP contribution is -2.23. The fraction of sp³-hybridized carbons (Fsp3) is 0.174. The molecule has 0 unspecified atom stereocenters. The van der Waals surface area contributed by atoms with Crippen molar-refractivity contribution in [2.24, 2.45) is 0 Å². The molecule has 0 bridgehead atoms. The second kappa shape index (κ2) is 8.02. The van der Waals surface area contributed by atoms with Crippen molar-refractivity contribution in [1.29, 1.82) is 0 Å². The summed E-state index contributed by atoms with van der Waals surface area (Å²) in [6.07, 6.45) is -3.46. The van der Waals surface area contributed by atoms with Gasteiger partial charge in [-0.05, 0) is 50.2 Å². The lowest BCUT2D eigenvalue weighted by molar-refractivity contribution is -0.141. The van der Waals surface area contributed by atoms with Gasteiger partial charge >= 0.3 is 6.18 Å². The van der Waals surface area contributed by atoms with E-state index in [-0.39, 0.29) is 22.8 Å². The number of rotatable bonds is 4. The van der Waals surface area contributed by atoms with Crippen LogP contribution in [0.1, 0.15) is 30.9 Å². The highest BCUT2D eigenvalue weighted by Crippen LogP contribution is 2.33. The second-order valence-electron chi connectivity index (χ2n) is 7.83. The number of benzene rings is 1. The van der Waals surface area contributed by atoms with Crippen LogP contribution in [-0.4, -0.2) is 19.7 Å². The maximum absolute atomic E-state index is 14.5. The van der Waals surface area contributed by atoms with Gasteiger partial charge < -0.3 is 0 Å². The second-order valence-corrected chi connectivity index (χ2v) is 7.83. The highest BCUT2D eigenvalue weighted by atomic mass is 19.4. The highest BCUT2D eigenvalue weighted by Gasteiger charge is 2.34. The molecule has 1 aromatic carbocycles. The number of hydrogen-bond acceptors (Lipinski definition) is 3. The zero-order valence-electron chi connectivity index (χ0n) is 17.3. The number of pyridine rings is 2. The Morgan fingerprint density at radius 3 is 2.18 bits per heavy atom. The molecule has 0 saturated heterocycles. The summed E-state index contributed by atoms with van der Waals surface area (Å²) in [5.41, 5.74) is -1.63. The third kappa shape index (κ3) is 4.46. The quantitative estimate of drug-likeness (QED) is 0.345. The molecule has 0 spiro atoms. The third-order valence-corrected chi connectivity index (χ3v) is 5.13. The molecule has 0 N–H and O–H groups in total. The molecule has 0 radical (unpaired) electrons. The summed E-state index contributed by atoms with van der Waals surface area (Å²) < 4.78 is 81.6. The van der Waals surface area contributed by atoms with E-state index in [0.717, 1.165) is 41.2 Å². The molecule has 0 aliphatic carbocycles. The number of halogens is 6. The van der Waals surface area contributed by atoms with E-state index in [0.29, 0.717) is 11.8 Å². The van der Waals surface area contributed by atoms with Crippen LogP contribution in [0.5, 0.6) is 0 Å². The van der Waals surface area contributed by atoms with E-state index in [4.69, 9.17) is 0 Å². The Balaban J connectivity index is 1.75. The van der Waals surface area contributed by atoms with Crippen molar-refractivity contribution in [1.82, 2.24) is 19.7 Å². The maximum atomic E-state index is 14.5. The molecule has 0 aliphatic heterocycles. The first kappa shape index (κ1) is 22.5. The average molecular weight is 462 g/mol. The van der Waals surface area contributed by atoms with Crippen LogP contribution in [0.2, 0.25) is 0 Å². The van der Waals surface area contributed by atoms with E-state index >= 15 is 0 Å². The molecular weight excluding hydrogens is 446 g/mol. The van der Waals surface area contributed by atoms with Gasteiger partial charge in [-0.25, -0.2) is 22.8 Å². The Hall–Kier alpha value is -3.69. The number of alkyl halides is 3. The largest absolute Gasteiger partial charge is 0.435 e. The summed E-state index contributed by atoms with van der Waals surface area (Å²) in [6.45, 7) is 3.38. The fourth-order valence-corrected chi connectivity index (χ4v) is 3.29. The van der Waals surface area contributed by atoms with Gasteiger partial charge in [0.05, 0.1) is 17.1 Å². The molecule has 4 aromatic rings. The molecule has 3 aromatic heterocycles. The van der Waals surface area contributed by atoms with Crippen molar-refractivity contribution in [2.75, 3.05) is 0 Å². The Labute approximate surface area is 184 Å². The van der Waals surface area contributed by atoms with Gasteiger partial charge in [0.25, 0.3) is 0 Å². The summed E-state index contributed by atoms with van der Waals surface area (Å²) in [4.78, 5) is 8.76. The first-order valence-corrected chi connectivity index (χ1v) is 9.69. The summed E-state index contributed by atoms with van der Waals surface area (Å²) in [7, 11) is 0. The lowest BCUT2D eigenvalue weighted by atomic mass is 9.84. The van der Waals surface area contributed by atoms with E-state index in [2.05, 4.69) is 15.1 Å². The van der Waals surface area contributed by atoms with Crippen LogP contribution in [0.4, 0.5) is 26.3 Å². The Morgan fingerprint density at radius 2 is 1.52 bits per heavy atom. The van der Waals surface area contributed by atoms with Crippen LogP contribution in [0.25, 0.3) is 17.1 Å². The standard InChI is InChI=1S/C23H16F6N4/c1-22(2,18-4-3-5-21(31-18)33-9-8-19(32-33)23(27,28)29)20-12-14(25)11-17(30-20)15-7-6-13(24)10-16(15)26/h3-12H,1-2H3. The van der Waals surface area contributed by atoms with Crippen LogP contribution >= 0.6 is 0 Å². The minimum atomic E-state index is -4.60. The van der Waals surface area contributed by atoms with Gasteiger partial charge in [0.1, 0.15) is 17.5 Å². The minimum absolute atomic E-state index is 0.0337. The molecule has 4 rings (SSSR count). The van der Waals surface area contributed by atoms with Crippen LogP contribution in [0.3, 0.4) is 0 Å². The molecule has 10 heteroatoms. The smallest absolute Gasteiger partial charge is 0.252 e. The van der Waals surface area contributed by atoms with Crippen molar-refractivity contribution in [2.45, 2.75) is 25.4 Å². The van der Waals surface area contributed by atoms with Crippen LogP contribution in [0.15, 0.2) is 60.8 Å². The molecule has 0 fully saturated rings. The van der Waals surface area contributed by atoms with Gasteiger partial charge in [-0.2, -0.15) is 18.3 Å². The lowest BCUT2D eigenvalue weighted by Gasteiger charge is -2.25. The van der Waals surface area contributed by atoms with Gasteiger partial charge in [0.2, 0.25) is 0 Å². The van der Waals surface area contributed by atoms with Gasteiger partial charge in [-0.1, -0.05) is 6.07 Å². The summed E-state index contributed by atoms with van der Waals surface area (Å²) in [5, 5.41) is 3.51. The van der Waals surface area contributed by atoms with Crippen molar-refractivity contribution >= 4 is 0 Å². The van der Waals surface area contributed by atoms with Crippen LogP contribution in [-0.2, 0) is 11.6 Å². The van der Waals surface area contributed by atoms with Gasteiger partial charge in [0, 0.05) is 29.3 Å². The normalized spacial score (nSPS) is 12.2. The molecule has 4 nitrogen and oxygen atoms in total. The fourth-order valence-electron chi connectivity index (χ4n) is 3.29. The zero-order valence-corrected chi connectivity index (χ0v) is 17.3. The van der Waals surface area contributed by atoms with Crippen LogP contribution in [0, 0.1) is 17.5 Å². The topological polar surface area (TPSA) is 43.6 Å². The predicted octanol–water partition coefficient (Wildman–Crippen LogP) is 6.09. The van der Waals surface area contributed by atoms with E-state index in [1.807, 2.05) is 0 Å². The van der Waals surface area contributed by atoms with E-state index in [1.54, 1.807) is 26.0 Å². The third-order valence-electron chi connectivity index (χ3n) is 5.13. The molecule has 3 heterocycles. The minimum Gasteiger partial charge on any atom is -0.252 e. The van der Waals surface area contributed by atoms with E-state index in [9.17, 15) is 26.3 Å². The number of aromatic nitrogens is 4. The van der Waals surface area contributed by atoms with Crippen molar-refractivity contribution < 1.29 is 26.3 Å². The summed E-state index contributed by atoms with van der Waals surface area (Å²) in [6, 6.07) is 10.6.